The van der Waals surface area contributed by atoms with E-state index < -0.39 is 24.5 Å². The maximum absolute atomic E-state index is 12.8. The van der Waals surface area contributed by atoms with E-state index in [0.717, 1.165) is 5.56 Å². The zero-order valence-electron chi connectivity index (χ0n) is 20.7. The molecule has 10 heteroatoms. The third-order valence-corrected chi connectivity index (χ3v) is 6.49. The molecule has 10 nitrogen and oxygen atoms in total. The molecule has 1 aliphatic carbocycles. The summed E-state index contributed by atoms with van der Waals surface area (Å²) in [6.45, 7) is 1.66. The van der Waals surface area contributed by atoms with Gasteiger partial charge in [-0.25, -0.2) is 0 Å². The number of aliphatic hydroxyl groups excluding tert-OH is 2. The molecule has 1 amide bonds. The van der Waals surface area contributed by atoms with Gasteiger partial charge in [0.1, 0.15) is 6.10 Å². The van der Waals surface area contributed by atoms with Crippen LogP contribution in [-0.4, -0.2) is 62.6 Å². The van der Waals surface area contributed by atoms with Gasteiger partial charge in [0.2, 0.25) is 23.4 Å². The first kappa shape index (κ1) is 25.7. The number of fused-ring (bicyclic) bond motifs is 3. The molecule has 2 aromatic carbocycles. The number of hydrogen-bond acceptors (Lipinski definition) is 9. The Morgan fingerprint density at radius 3 is 2.44 bits per heavy atom. The Kier molecular flexibility index (Phi) is 7.67. The molecule has 2 aliphatic rings. The molecular weight excluding hydrogens is 470 g/mol. The molecule has 0 spiro atoms. The number of aryl methyl sites for hydroxylation is 1. The summed E-state index contributed by atoms with van der Waals surface area (Å²) in [5.74, 6) is 0.834. The van der Waals surface area contributed by atoms with E-state index in [4.69, 9.17) is 23.7 Å². The smallest absolute Gasteiger partial charge is 0.228 e. The van der Waals surface area contributed by atoms with Crippen molar-refractivity contribution in [1.82, 2.24) is 5.32 Å². The first-order chi connectivity index (χ1) is 17.3. The first-order valence-corrected chi connectivity index (χ1v) is 11.7. The molecule has 1 heterocycles. The van der Waals surface area contributed by atoms with Crippen LogP contribution in [0.15, 0.2) is 29.1 Å². The summed E-state index contributed by atoms with van der Waals surface area (Å²) in [7, 11) is 4.38. The number of aliphatic hydroxyl groups is 2. The Hall–Kier alpha value is -3.34. The second-order valence-electron chi connectivity index (χ2n) is 8.75. The monoisotopic (exact) mass is 501 g/mol. The Labute approximate surface area is 208 Å². The summed E-state index contributed by atoms with van der Waals surface area (Å²) in [4.78, 5) is 24.8. The summed E-state index contributed by atoms with van der Waals surface area (Å²) in [6, 6.07) is 6.17. The van der Waals surface area contributed by atoms with Gasteiger partial charge in [-0.3, -0.25) is 9.59 Å². The minimum Gasteiger partial charge on any atom is -0.493 e. The molecule has 4 rings (SSSR count). The predicted octanol–water partition coefficient (Wildman–Crippen LogP) is 1.71. The highest BCUT2D eigenvalue weighted by Crippen LogP contribution is 2.50. The van der Waals surface area contributed by atoms with Crippen LogP contribution in [0.4, 0.5) is 0 Å². The van der Waals surface area contributed by atoms with Gasteiger partial charge in [0.05, 0.1) is 40.1 Å². The molecule has 194 valence electrons. The van der Waals surface area contributed by atoms with Gasteiger partial charge in [-0.2, -0.15) is 0 Å². The second-order valence-corrected chi connectivity index (χ2v) is 8.75. The lowest BCUT2D eigenvalue weighted by molar-refractivity contribution is -0.207. The third kappa shape index (κ3) is 4.84. The standard InChI is InChI=1S/C26H31NO9/c1-13(28)27-17-7-5-14-11-21(36-26-23(31)18(29)9-10-35-26)24(33-3)25(34-4)22(14)15-6-8-20(32-2)19(30)12-16(15)17/h6,8,11-12,17-18,23,26,29,31H,5,7,9-10H2,1-4H3,(H,27,28)/t17-,18-,23+,26-/m0/s1. The van der Waals surface area contributed by atoms with Crippen molar-refractivity contribution in [3.05, 3.63) is 45.6 Å². The van der Waals surface area contributed by atoms with Gasteiger partial charge in [-0.05, 0) is 54.2 Å². The zero-order chi connectivity index (χ0) is 26.0. The number of ether oxygens (including phenoxy) is 5. The van der Waals surface area contributed by atoms with E-state index in [1.54, 1.807) is 18.2 Å². The van der Waals surface area contributed by atoms with Crippen LogP contribution in [0.5, 0.6) is 23.0 Å². The van der Waals surface area contributed by atoms with Crippen LogP contribution in [0.2, 0.25) is 0 Å². The SMILES string of the molecule is COc1c(O[C@@H]2OCC[C@H](O)[C@H]2O)cc2c(c1OC)-c1ccc(OC)c(=O)cc1[C@@H](NC(C)=O)CC2. The fourth-order valence-corrected chi connectivity index (χ4v) is 4.78. The van der Waals surface area contributed by atoms with Gasteiger partial charge in [0, 0.05) is 12.5 Å². The average molecular weight is 502 g/mol. The van der Waals surface area contributed by atoms with E-state index in [1.807, 2.05) is 0 Å². The Morgan fingerprint density at radius 2 is 1.78 bits per heavy atom. The van der Waals surface area contributed by atoms with Crippen molar-refractivity contribution < 1.29 is 38.7 Å². The van der Waals surface area contributed by atoms with Gasteiger partial charge >= 0.3 is 0 Å². The second kappa shape index (κ2) is 10.7. The minimum atomic E-state index is -1.24. The number of carbonyl (C=O) groups excluding carboxylic acids is 1. The van der Waals surface area contributed by atoms with Crippen LogP contribution in [0.3, 0.4) is 0 Å². The lowest BCUT2D eigenvalue weighted by Crippen LogP contribution is -2.47. The van der Waals surface area contributed by atoms with Crippen LogP contribution < -0.4 is 29.7 Å². The molecule has 3 N–H and O–H groups in total. The Balaban J connectivity index is 1.92. The van der Waals surface area contributed by atoms with E-state index in [2.05, 4.69) is 5.32 Å². The Morgan fingerprint density at radius 1 is 1.03 bits per heavy atom. The molecular formula is C26H31NO9. The van der Waals surface area contributed by atoms with Crippen molar-refractivity contribution in [2.24, 2.45) is 0 Å². The molecule has 0 radical (unpaired) electrons. The van der Waals surface area contributed by atoms with Gasteiger partial charge in [0.15, 0.2) is 17.2 Å². The minimum absolute atomic E-state index is 0.166. The maximum atomic E-state index is 12.8. The third-order valence-electron chi connectivity index (χ3n) is 6.49. The summed E-state index contributed by atoms with van der Waals surface area (Å²) in [5.41, 5.74) is 2.49. The first-order valence-electron chi connectivity index (χ1n) is 11.7. The normalized spacial score (nSPS) is 22.9. The van der Waals surface area contributed by atoms with Crippen molar-refractivity contribution >= 4 is 5.91 Å². The van der Waals surface area contributed by atoms with Crippen LogP contribution in [0.1, 0.15) is 36.9 Å². The van der Waals surface area contributed by atoms with Crippen LogP contribution in [-0.2, 0) is 16.0 Å². The van der Waals surface area contributed by atoms with Gasteiger partial charge in [-0.1, -0.05) is 6.07 Å². The zero-order valence-corrected chi connectivity index (χ0v) is 20.7. The van der Waals surface area contributed by atoms with Crippen LogP contribution in [0, 0.1) is 0 Å². The highest BCUT2D eigenvalue weighted by molar-refractivity contribution is 5.83. The van der Waals surface area contributed by atoms with E-state index >= 15 is 0 Å². The van der Waals surface area contributed by atoms with Crippen molar-refractivity contribution in [3.8, 4) is 34.1 Å². The highest BCUT2D eigenvalue weighted by atomic mass is 16.7. The van der Waals surface area contributed by atoms with E-state index in [9.17, 15) is 19.8 Å². The molecule has 1 saturated heterocycles. The van der Waals surface area contributed by atoms with Crippen molar-refractivity contribution in [2.45, 2.75) is 50.7 Å². The molecule has 0 saturated carbocycles. The fraction of sp³-hybridized carbons (Fsp3) is 0.462. The molecule has 0 aromatic heterocycles. The van der Waals surface area contributed by atoms with E-state index in [-0.39, 0.29) is 35.2 Å². The number of nitrogens with one attached hydrogen (secondary N) is 1. The number of amides is 1. The molecule has 1 aliphatic heterocycles. The molecule has 36 heavy (non-hydrogen) atoms. The largest absolute Gasteiger partial charge is 0.493 e. The maximum Gasteiger partial charge on any atom is 0.228 e. The lowest BCUT2D eigenvalue weighted by atomic mass is 9.95. The average Bonchev–Trinajstić information content (AvgIpc) is 3.09. The van der Waals surface area contributed by atoms with Gasteiger partial charge < -0.3 is 39.2 Å². The summed E-state index contributed by atoms with van der Waals surface area (Å²) < 4.78 is 28.3. The van der Waals surface area contributed by atoms with Crippen molar-refractivity contribution in [3.63, 3.8) is 0 Å². The van der Waals surface area contributed by atoms with Crippen LogP contribution >= 0.6 is 0 Å². The van der Waals surface area contributed by atoms with Gasteiger partial charge in [0.25, 0.3) is 0 Å². The summed E-state index contributed by atoms with van der Waals surface area (Å²) in [5, 5.41) is 23.4. The molecule has 1 fully saturated rings. The number of rotatable bonds is 6. The lowest BCUT2D eigenvalue weighted by Gasteiger charge is -2.32. The summed E-state index contributed by atoms with van der Waals surface area (Å²) >= 11 is 0. The topological polar surface area (TPSA) is 133 Å². The number of carbonyl (C=O) groups is 1. The van der Waals surface area contributed by atoms with E-state index in [0.29, 0.717) is 41.7 Å². The molecule has 0 unspecified atom stereocenters. The highest BCUT2D eigenvalue weighted by Gasteiger charge is 2.35. The van der Waals surface area contributed by atoms with Gasteiger partial charge in [-0.15, -0.1) is 0 Å². The predicted molar refractivity (Wildman–Crippen MR) is 130 cm³/mol. The number of methoxy groups -OCH3 is 3. The number of hydrogen-bond donors (Lipinski definition) is 3. The van der Waals surface area contributed by atoms with Crippen molar-refractivity contribution in [2.75, 3.05) is 27.9 Å². The quantitative estimate of drug-likeness (QED) is 0.541. The molecule has 0 bridgehead atoms. The summed E-state index contributed by atoms with van der Waals surface area (Å²) in [6.07, 6.45) is -1.99. The molecule has 2 aromatic rings. The fourth-order valence-electron chi connectivity index (χ4n) is 4.78. The van der Waals surface area contributed by atoms with Crippen molar-refractivity contribution in [1.29, 1.82) is 0 Å². The van der Waals surface area contributed by atoms with Crippen LogP contribution in [0.25, 0.3) is 11.1 Å². The molecule has 4 atom stereocenters. The Bertz CT molecular complexity index is 1200. The number of benzene rings is 1. The van der Waals surface area contributed by atoms with E-state index in [1.165, 1.54) is 34.3 Å².